The fraction of sp³-hybridized carbons (Fsp3) is 0.733. The van der Waals surface area contributed by atoms with Crippen LogP contribution in [0.25, 0.3) is 0 Å². The number of esters is 1. The van der Waals surface area contributed by atoms with Crippen molar-refractivity contribution in [2.45, 2.75) is 111 Å². The fourth-order valence-electron chi connectivity index (χ4n) is 4.36. The first-order chi connectivity index (χ1) is 19.9. The van der Waals surface area contributed by atoms with Crippen molar-refractivity contribution in [3.8, 4) is 0 Å². The Kier molecular flexibility index (Phi) is 15.2. The van der Waals surface area contributed by atoms with Gasteiger partial charge in [-0.15, -0.1) is 0 Å². The topological polar surface area (TPSA) is 181 Å². The molecule has 1 fully saturated rings. The first-order valence-corrected chi connectivity index (χ1v) is 15.0. The van der Waals surface area contributed by atoms with Crippen LogP contribution in [-0.4, -0.2) is 78.6 Å². The molecule has 1 aliphatic rings. The number of hydrogen-bond donors (Lipinski definition) is 5. The van der Waals surface area contributed by atoms with Crippen LogP contribution in [0.2, 0.25) is 0 Å². The normalized spacial score (nSPS) is 17.9. The van der Waals surface area contributed by atoms with E-state index in [1.54, 1.807) is 41.5 Å². The van der Waals surface area contributed by atoms with E-state index in [4.69, 9.17) is 9.47 Å². The van der Waals surface area contributed by atoms with Gasteiger partial charge < -0.3 is 36.1 Å². The van der Waals surface area contributed by atoms with Gasteiger partial charge in [0, 0.05) is 24.6 Å². The maximum absolute atomic E-state index is 13.5. The molecule has 0 bridgehead atoms. The predicted molar refractivity (Wildman–Crippen MR) is 160 cm³/mol. The summed E-state index contributed by atoms with van der Waals surface area (Å²) in [6.45, 7) is 16.3. The van der Waals surface area contributed by atoms with Crippen LogP contribution < -0.4 is 26.6 Å². The van der Waals surface area contributed by atoms with Crippen LogP contribution in [0.5, 0.6) is 0 Å². The smallest absolute Gasteiger partial charge is 0.408 e. The van der Waals surface area contributed by atoms with E-state index in [1.165, 1.54) is 19.1 Å². The number of alkyl carbamates (subject to hydrolysis) is 1. The van der Waals surface area contributed by atoms with Gasteiger partial charge in [-0.05, 0) is 65.7 Å². The SMILES string of the molecule is CCOC(=O)/C=C/[C@H](CC1CCNC1=O)NC(=O)[C@H](CC(C)C)NC(=O)[C@@H](NC(=O)[C@H](C)NC(=O)OC(C)(C)C)C(C)C. The maximum atomic E-state index is 13.5. The minimum absolute atomic E-state index is 0.0235. The molecule has 0 radical (unpaired) electrons. The molecule has 0 spiro atoms. The lowest BCUT2D eigenvalue weighted by atomic mass is 9.96. The molecule has 244 valence electrons. The Morgan fingerprint density at radius 3 is 2.12 bits per heavy atom. The van der Waals surface area contributed by atoms with Gasteiger partial charge in [0.05, 0.1) is 6.61 Å². The van der Waals surface area contributed by atoms with Crippen LogP contribution in [0, 0.1) is 17.8 Å². The molecule has 1 heterocycles. The molecule has 5 amide bonds. The average Bonchev–Trinajstić information content (AvgIpc) is 3.27. The monoisotopic (exact) mass is 609 g/mol. The average molecular weight is 610 g/mol. The third kappa shape index (κ3) is 14.4. The zero-order valence-electron chi connectivity index (χ0n) is 27.0. The van der Waals surface area contributed by atoms with Crippen LogP contribution in [0.4, 0.5) is 4.79 Å². The van der Waals surface area contributed by atoms with E-state index in [0.29, 0.717) is 19.4 Å². The number of carbonyl (C=O) groups is 6. The Morgan fingerprint density at radius 1 is 0.953 bits per heavy atom. The number of nitrogens with one attached hydrogen (secondary N) is 5. The Morgan fingerprint density at radius 2 is 1.60 bits per heavy atom. The van der Waals surface area contributed by atoms with Crippen molar-refractivity contribution in [1.29, 1.82) is 0 Å². The zero-order chi connectivity index (χ0) is 32.9. The van der Waals surface area contributed by atoms with Crippen molar-refractivity contribution >= 4 is 35.7 Å². The van der Waals surface area contributed by atoms with Gasteiger partial charge in [0.2, 0.25) is 23.6 Å². The van der Waals surface area contributed by atoms with Crippen molar-refractivity contribution in [2.75, 3.05) is 13.2 Å². The Labute approximate surface area is 255 Å². The first-order valence-electron chi connectivity index (χ1n) is 15.0. The van der Waals surface area contributed by atoms with Gasteiger partial charge >= 0.3 is 12.1 Å². The molecule has 1 rings (SSSR count). The number of hydrogen-bond acceptors (Lipinski definition) is 8. The molecular formula is C30H51N5O8. The molecule has 1 aliphatic heterocycles. The van der Waals surface area contributed by atoms with Crippen LogP contribution >= 0.6 is 0 Å². The summed E-state index contributed by atoms with van der Waals surface area (Å²) >= 11 is 0. The molecule has 1 saturated heterocycles. The molecule has 0 aromatic carbocycles. The van der Waals surface area contributed by atoms with E-state index in [-0.39, 0.29) is 36.7 Å². The second-order valence-corrected chi connectivity index (χ2v) is 12.5. The largest absolute Gasteiger partial charge is 0.463 e. The summed E-state index contributed by atoms with van der Waals surface area (Å²) in [7, 11) is 0. The van der Waals surface area contributed by atoms with Crippen LogP contribution in [0.15, 0.2) is 12.2 Å². The highest BCUT2D eigenvalue weighted by Crippen LogP contribution is 2.18. The summed E-state index contributed by atoms with van der Waals surface area (Å²) in [6, 6.07) is -3.62. The molecule has 0 aliphatic carbocycles. The third-order valence-electron chi connectivity index (χ3n) is 6.49. The fourth-order valence-corrected chi connectivity index (χ4v) is 4.36. The van der Waals surface area contributed by atoms with E-state index in [0.717, 1.165) is 0 Å². The molecule has 0 aromatic heterocycles. The number of ether oxygens (including phenoxy) is 2. The molecule has 13 nitrogen and oxygen atoms in total. The predicted octanol–water partition coefficient (Wildman–Crippen LogP) is 1.70. The van der Waals surface area contributed by atoms with E-state index >= 15 is 0 Å². The van der Waals surface area contributed by atoms with Crippen LogP contribution in [0.3, 0.4) is 0 Å². The summed E-state index contributed by atoms with van der Waals surface area (Å²) in [4.78, 5) is 76.0. The molecule has 5 N–H and O–H groups in total. The van der Waals surface area contributed by atoms with Gasteiger partial charge in [0.1, 0.15) is 23.7 Å². The summed E-state index contributed by atoms with van der Waals surface area (Å²) < 4.78 is 10.1. The van der Waals surface area contributed by atoms with Crippen molar-refractivity contribution in [1.82, 2.24) is 26.6 Å². The summed E-state index contributed by atoms with van der Waals surface area (Å²) in [5.41, 5.74) is -0.746. The minimum Gasteiger partial charge on any atom is -0.463 e. The van der Waals surface area contributed by atoms with Crippen molar-refractivity contribution in [3.63, 3.8) is 0 Å². The molecule has 13 heteroatoms. The third-order valence-corrected chi connectivity index (χ3v) is 6.49. The molecule has 0 saturated carbocycles. The highest BCUT2D eigenvalue weighted by molar-refractivity contribution is 5.94. The van der Waals surface area contributed by atoms with Gasteiger partial charge in [0.15, 0.2) is 0 Å². The van der Waals surface area contributed by atoms with Gasteiger partial charge in [-0.2, -0.15) is 0 Å². The quantitative estimate of drug-likeness (QED) is 0.137. The summed E-state index contributed by atoms with van der Waals surface area (Å²) in [6.07, 6.45) is 3.10. The standard InChI is InChI=1S/C30H51N5O8/c1-10-42-23(36)12-11-21(16-20-13-14-31-26(20)38)33-27(39)22(15-17(2)3)34-28(40)24(18(4)5)35-25(37)19(6)32-29(41)43-30(7,8)9/h11-12,17-22,24H,10,13-16H2,1-9H3,(H,31,38)(H,32,41)(H,33,39)(H,34,40)(H,35,37)/b12-11+/t19-,20?,21+,22-,24-/m0/s1. The second-order valence-electron chi connectivity index (χ2n) is 12.5. The van der Waals surface area contributed by atoms with E-state index in [9.17, 15) is 28.8 Å². The Bertz CT molecular complexity index is 1020. The maximum Gasteiger partial charge on any atom is 0.408 e. The minimum atomic E-state index is -1.00. The lowest BCUT2D eigenvalue weighted by molar-refractivity contribution is -0.137. The molecule has 1 unspecified atom stereocenters. The second kappa shape index (κ2) is 17.5. The van der Waals surface area contributed by atoms with E-state index < -0.39 is 59.6 Å². The molecular weight excluding hydrogens is 558 g/mol. The first kappa shape index (κ1) is 37.4. The summed E-state index contributed by atoms with van der Waals surface area (Å²) in [5.74, 6) is -3.01. The van der Waals surface area contributed by atoms with E-state index in [1.807, 2.05) is 13.8 Å². The summed E-state index contributed by atoms with van der Waals surface area (Å²) in [5, 5.41) is 13.5. The lowest BCUT2D eigenvalue weighted by Gasteiger charge is -2.28. The molecule has 0 aromatic rings. The molecule has 5 atom stereocenters. The Hall–Kier alpha value is -3.64. The zero-order valence-corrected chi connectivity index (χ0v) is 27.0. The highest BCUT2D eigenvalue weighted by Gasteiger charge is 2.33. The van der Waals surface area contributed by atoms with Gasteiger partial charge in [-0.1, -0.05) is 33.8 Å². The number of amides is 5. The van der Waals surface area contributed by atoms with Crippen molar-refractivity contribution in [3.05, 3.63) is 12.2 Å². The number of rotatable bonds is 15. The number of carbonyl (C=O) groups excluding carboxylic acids is 6. The Balaban J connectivity index is 3.03. The van der Waals surface area contributed by atoms with Gasteiger partial charge in [-0.3, -0.25) is 19.2 Å². The van der Waals surface area contributed by atoms with Crippen molar-refractivity contribution < 1.29 is 38.2 Å². The van der Waals surface area contributed by atoms with Crippen LogP contribution in [0.1, 0.15) is 81.6 Å². The lowest BCUT2D eigenvalue weighted by Crippen LogP contribution is -2.58. The van der Waals surface area contributed by atoms with Crippen LogP contribution in [-0.2, 0) is 33.4 Å². The van der Waals surface area contributed by atoms with Gasteiger partial charge in [0.25, 0.3) is 0 Å². The van der Waals surface area contributed by atoms with Crippen molar-refractivity contribution in [2.24, 2.45) is 17.8 Å². The van der Waals surface area contributed by atoms with E-state index in [2.05, 4.69) is 26.6 Å². The highest BCUT2D eigenvalue weighted by atomic mass is 16.6. The molecule has 43 heavy (non-hydrogen) atoms. The van der Waals surface area contributed by atoms with Gasteiger partial charge in [-0.25, -0.2) is 9.59 Å².